The molecule has 0 bridgehead atoms. The van der Waals surface area contributed by atoms with E-state index in [1.54, 1.807) is 13.8 Å². The molecule has 7 heteroatoms. The molecule has 0 aromatic carbocycles. The van der Waals surface area contributed by atoms with Crippen LogP contribution in [0, 0.1) is 5.92 Å². The molecule has 2 aliphatic rings. The average Bonchev–Trinajstić information content (AvgIpc) is 2.84. The molecule has 0 saturated heterocycles. The molecule has 1 fully saturated rings. The third-order valence-electron chi connectivity index (χ3n) is 7.87. The van der Waals surface area contributed by atoms with Crippen molar-refractivity contribution in [3.05, 3.63) is 33.2 Å². The topological polar surface area (TPSA) is 100 Å². The van der Waals surface area contributed by atoms with Crippen molar-refractivity contribution < 1.29 is 14.7 Å². The van der Waals surface area contributed by atoms with E-state index in [4.69, 9.17) is 5.11 Å². The van der Waals surface area contributed by atoms with Crippen LogP contribution in [0.25, 0.3) is 0 Å². The molecule has 2 amide bonds. The van der Waals surface area contributed by atoms with E-state index in [0.717, 1.165) is 75.5 Å². The minimum absolute atomic E-state index is 0.162. The summed E-state index contributed by atoms with van der Waals surface area (Å²) in [6.07, 6.45) is 15.7. The van der Waals surface area contributed by atoms with Gasteiger partial charge in [0.25, 0.3) is 11.5 Å². The second-order valence-corrected chi connectivity index (χ2v) is 11.3. The summed E-state index contributed by atoms with van der Waals surface area (Å²) in [4.78, 5) is 39.9. The molecule has 0 aliphatic heterocycles. The summed E-state index contributed by atoms with van der Waals surface area (Å²) in [6, 6.07) is 1.81. The molecule has 0 atom stereocenters. The van der Waals surface area contributed by atoms with Gasteiger partial charge in [-0.3, -0.25) is 14.4 Å². The van der Waals surface area contributed by atoms with Crippen molar-refractivity contribution in [3.8, 4) is 0 Å². The maximum Gasteiger partial charge on any atom is 0.263 e. The lowest BCUT2D eigenvalue weighted by atomic mass is 9.88. The highest BCUT2D eigenvalue weighted by molar-refractivity contribution is 5.98. The van der Waals surface area contributed by atoms with Crippen LogP contribution in [-0.2, 0) is 24.2 Å². The van der Waals surface area contributed by atoms with E-state index < -0.39 is 11.4 Å². The number of pyridine rings is 1. The minimum Gasteiger partial charge on any atom is -0.396 e. The van der Waals surface area contributed by atoms with Gasteiger partial charge in [-0.15, -0.1) is 0 Å². The van der Waals surface area contributed by atoms with Gasteiger partial charge in [0.2, 0.25) is 5.91 Å². The lowest BCUT2D eigenvalue weighted by molar-refractivity contribution is -0.126. The zero-order valence-corrected chi connectivity index (χ0v) is 22.5. The zero-order chi connectivity index (χ0) is 26.0. The van der Waals surface area contributed by atoms with Crippen molar-refractivity contribution >= 4 is 11.8 Å². The number of aromatic nitrogens is 1. The van der Waals surface area contributed by atoms with Gasteiger partial charge in [-0.2, -0.15) is 0 Å². The highest BCUT2D eigenvalue weighted by atomic mass is 16.3. The Kier molecular flexibility index (Phi) is 11.0. The van der Waals surface area contributed by atoms with Crippen molar-refractivity contribution in [2.75, 3.05) is 13.2 Å². The van der Waals surface area contributed by atoms with Gasteiger partial charge in [0.1, 0.15) is 11.1 Å². The Morgan fingerprint density at radius 1 is 0.972 bits per heavy atom. The van der Waals surface area contributed by atoms with Crippen LogP contribution in [0.5, 0.6) is 0 Å². The summed E-state index contributed by atoms with van der Waals surface area (Å²) in [5, 5.41) is 14.6. The van der Waals surface area contributed by atoms with Crippen molar-refractivity contribution in [3.63, 3.8) is 0 Å². The molecule has 36 heavy (non-hydrogen) atoms. The monoisotopic (exact) mass is 501 g/mol. The van der Waals surface area contributed by atoms with E-state index >= 15 is 0 Å². The van der Waals surface area contributed by atoms with Crippen LogP contribution < -0.4 is 16.2 Å². The van der Waals surface area contributed by atoms with Crippen molar-refractivity contribution in [2.24, 2.45) is 5.92 Å². The highest BCUT2D eigenvalue weighted by Crippen LogP contribution is 2.27. The van der Waals surface area contributed by atoms with E-state index in [1.807, 2.05) is 10.6 Å². The maximum atomic E-state index is 13.7. The molecule has 1 heterocycles. The van der Waals surface area contributed by atoms with E-state index in [9.17, 15) is 14.4 Å². The molecule has 0 radical (unpaired) electrons. The first kappa shape index (κ1) is 28.4. The van der Waals surface area contributed by atoms with Gasteiger partial charge in [-0.1, -0.05) is 44.9 Å². The van der Waals surface area contributed by atoms with Crippen molar-refractivity contribution in [2.45, 2.75) is 122 Å². The minimum atomic E-state index is -1.13. The maximum absolute atomic E-state index is 13.7. The zero-order valence-electron chi connectivity index (χ0n) is 22.5. The molecule has 2 aliphatic carbocycles. The Morgan fingerprint density at radius 2 is 1.64 bits per heavy atom. The molecule has 0 spiro atoms. The van der Waals surface area contributed by atoms with Gasteiger partial charge < -0.3 is 20.3 Å². The quantitative estimate of drug-likeness (QED) is 0.394. The largest absolute Gasteiger partial charge is 0.396 e. The SMILES string of the molecule is CC(C)(NC(=O)c1cc2c(n(CC3CCCCC3)c1=O)CCCCCC2)C(=O)NCCCCCCO. The van der Waals surface area contributed by atoms with Gasteiger partial charge in [0.15, 0.2) is 0 Å². The number of carbonyl (C=O) groups excluding carboxylic acids is 2. The van der Waals surface area contributed by atoms with Gasteiger partial charge in [0.05, 0.1) is 0 Å². The standard InChI is InChI=1S/C29H47N3O4/c1-29(2,28(36)30-18-12-5-6-13-19-33)31-26(34)24-20-23-16-10-3-4-11-17-25(23)32(27(24)35)21-22-14-8-7-9-15-22/h20,22,33H,3-19,21H2,1-2H3,(H,30,36)(H,31,34). The predicted octanol–water partition coefficient (Wildman–Crippen LogP) is 4.26. The molecular formula is C29H47N3O4. The molecule has 1 saturated carbocycles. The fraction of sp³-hybridized carbons (Fsp3) is 0.759. The third kappa shape index (κ3) is 7.92. The second-order valence-electron chi connectivity index (χ2n) is 11.3. The number of aryl methyl sites for hydroxylation is 1. The first-order valence-corrected chi connectivity index (χ1v) is 14.3. The normalized spacial score (nSPS) is 17.1. The van der Waals surface area contributed by atoms with E-state index in [0.29, 0.717) is 19.0 Å². The number of nitrogens with one attached hydrogen (secondary N) is 2. The molecule has 7 nitrogen and oxygen atoms in total. The van der Waals surface area contributed by atoms with Crippen molar-refractivity contribution in [1.29, 1.82) is 0 Å². The first-order chi connectivity index (χ1) is 17.3. The Morgan fingerprint density at radius 3 is 2.36 bits per heavy atom. The Hall–Kier alpha value is -2.15. The number of hydrogen-bond acceptors (Lipinski definition) is 4. The van der Waals surface area contributed by atoms with Crippen LogP contribution in [-0.4, -0.2) is 40.2 Å². The lowest BCUT2D eigenvalue weighted by Gasteiger charge is -2.28. The smallest absolute Gasteiger partial charge is 0.263 e. The van der Waals surface area contributed by atoms with Gasteiger partial charge in [-0.05, 0) is 82.8 Å². The summed E-state index contributed by atoms with van der Waals surface area (Å²) >= 11 is 0. The number of fused-ring (bicyclic) bond motifs is 1. The number of hydrogen-bond donors (Lipinski definition) is 3. The number of amides is 2. The van der Waals surface area contributed by atoms with Crippen LogP contribution >= 0.6 is 0 Å². The van der Waals surface area contributed by atoms with Crippen LogP contribution in [0.15, 0.2) is 10.9 Å². The number of carbonyl (C=O) groups is 2. The van der Waals surface area contributed by atoms with Gasteiger partial charge >= 0.3 is 0 Å². The summed E-state index contributed by atoms with van der Waals surface area (Å²) < 4.78 is 1.92. The summed E-state index contributed by atoms with van der Waals surface area (Å²) in [5.74, 6) is -0.235. The Bertz CT molecular complexity index is 931. The molecule has 1 aromatic heterocycles. The van der Waals surface area contributed by atoms with Gasteiger partial charge in [0, 0.05) is 25.4 Å². The lowest BCUT2D eigenvalue weighted by Crippen LogP contribution is -2.55. The molecule has 202 valence electrons. The van der Waals surface area contributed by atoms with Gasteiger partial charge in [-0.25, -0.2) is 0 Å². The summed E-state index contributed by atoms with van der Waals surface area (Å²) in [7, 11) is 0. The predicted molar refractivity (Wildman–Crippen MR) is 143 cm³/mol. The molecular weight excluding hydrogens is 454 g/mol. The van der Waals surface area contributed by atoms with Crippen LogP contribution in [0.1, 0.15) is 119 Å². The van der Waals surface area contributed by atoms with E-state index in [2.05, 4.69) is 10.6 Å². The van der Waals surface area contributed by atoms with Crippen molar-refractivity contribution in [1.82, 2.24) is 15.2 Å². The summed E-state index contributed by atoms with van der Waals surface area (Å²) in [5.41, 5.74) is 1.07. The van der Waals surface area contributed by atoms with E-state index in [-0.39, 0.29) is 23.6 Å². The average molecular weight is 502 g/mol. The second kappa shape index (κ2) is 14.0. The number of aliphatic hydroxyl groups is 1. The van der Waals surface area contributed by atoms with Crippen LogP contribution in [0.4, 0.5) is 0 Å². The molecule has 3 rings (SSSR count). The Labute approximate surface area is 216 Å². The first-order valence-electron chi connectivity index (χ1n) is 14.3. The number of rotatable bonds is 11. The Balaban J connectivity index is 1.76. The molecule has 1 aromatic rings. The number of nitrogens with zero attached hydrogens (tertiary/aromatic N) is 1. The highest BCUT2D eigenvalue weighted by Gasteiger charge is 2.31. The molecule has 3 N–H and O–H groups in total. The third-order valence-corrected chi connectivity index (χ3v) is 7.87. The number of unbranched alkanes of at least 4 members (excludes halogenated alkanes) is 3. The van der Waals surface area contributed by atoms with E-state index in [1.165, 1.54) is 32.1 Å². The fourth-order valence-electron chi connectivity index (χ4n) is 5.64. The van der Waals surface area contributed by atoms with Crippen LogP contribution in [0.3, 0.4) is 0 Å². The fourth-order valence-corrected chi connectivity index (χ4v) is 5.64. The summed E-state index contributed by atoms with van der Waals surface area (Å²) in [6.45, 7) is 4.77. The number of aliphatic hydroxyl groups excluding tert-OH is 1. The van der Waals surface area contributed by atoms with Crippen LogP contribution in [0.2, 0.25) is 0 Å². The molecule has 0 unspecified atom stereocenters.